The summed E-state index contributed by atoms with van der Waals surface area (Å²) >= 11 is 1.28. The second kappa shape index (κ2) is 6.46. The highest BCUT2D eigenvalue weighted by Crippen LogP contribution is 2.37. The second-order valence-electron chi connectivity index (χ2n) is 5.69. The minimum absolute atomic E-state index is 0.0142. The molecule has 1 saturated heterocycles. The van der Waals surface area contributed by atoms with Crippen LogP contribution in [-0.2, 0) is 4.74 Å². The van der Waals surface area contributed by atoms with Gasteiger partial charge < -0.3 is 15.8 Å². The van der Waals surface area contributed by atoms with Crippen LogP contribution in [0.15, 0.2) is 0 Å². The summed E-state index contributed by atoms with van der Waals surface area (Å²) in [5.41, 5.74) is 6.66. The molecule has 0 amide bonds. The number of hydrogen-bond donors (Lipinski definition) is 2. The highest BCUT2D eigenvalue weighted by Gasteiger charge is 2.26. The third-order valence-electron chi connectivity index (χ3n) is 3.86. The average Bonchev–Trinajstić information content (AvgIpc) is 2.99. The standard InChI is InChI=1S/C15H21N3O2S/c1-8(2)13(19)14-12(17)11(6-16)15(21-14)18-7-10-4-5-20-9(10)3/h8-10,18H,4-5,7,17H2,1-3H3. The maximum atomic E-state index is 12.1. The van der Waals surface area contributed by atoms with Crippen molar-refractivity contribution in [2.24, 2.45) is 11.8 Å². The van der Waals surface area contributed by atoms with Gasteiger partial charge in [0.25, 0.3) is 0 Å². The molecule has 1 aromatic heterocycles. The fourth-order valence-electron chi connectivity index (χ4n) is 2.39. The van der Waals surface area contributed by atoms with Crippen molar-refractivity contribution < 1.29 is 9.53 Å². The molecule has 1 aliphatic heterocycles. The number of ether oxygens (including phenoxy) is 1. The second-order valence-corrected chi connectivity index (χ2v) is 6.71. The van der Waals surface area contributed by atoms with Crippen molar-refractivity contribution in [2.75, 3.05) is 24.2 Å². The van der Waals surface area contributed by atoms with Crippen molar-refractivity contribution in [1.29, 1.82) is 5.26 Å². The van der Waals surface area contributed by atoms with Crippen LogP contribution in [0.5, 0.6) is 0 Å². The number of thiophene rings is 1. The van der Waals surface area contributed by atoms with Crippen molar-refractivity contribution >= 4 is 27.8 Å². The fourth-order valence-corrected chi connectivity index (χ4v) is 3.56. The van der Waals surface area contributed by atoms with Crippen LogP contribution in [-0.4, -0.2) is 25.0 Å². The van der Waals surface area contributed by atoms with E-state index < -0.39 is 0 Å². The lowest BCUT2D eigenvalue weighted by Gasteiger charge is -2.14. The molecule has 5 nitrogen and oxygen atoms in total. The summed E-state index contributed by atoms with van der Waals surface area (Å²) in [6.45, 7) is 7.23. The number of ketones is 1. The van der Waals surface area contributed by atoms with Crippen molar-refractivity contribution in [2.45, 2.75) is 33.3 Å². The number of rotatable bonds is 5. The molecule has 2 unspecified atom stereocenters. The lowest BCUT2D eigenvalue weighted by molar-refractivity contribution is 0.0944. The molecule has 114 valence electrons. The van der Waals surface area contributed by atoms with E-state index in [1.807, 2.05) is 13.8 Å². The van der Waals surface area contributed by atoms with Gasteiger partial charge in [-0.2, -0.15) is 5.26 Å². The highest BCUT2D eigenvalue weighted by atomic mass is 32.1. The predicted octanol–water partition coefficient (Wildman–Crippen LogP) is 2.88. The number of nitrogens with zero attached hydrogens (tertiary/aromatic N) is 1. The van der Waals surface area contributed by atoms with Gasteiger partial charge in [0.05, 0.1) is 16.7 Å². The summed E-state index contributed by atoms with van der Waals surface area (Å²) in [6, 6.07) is 2.10. The van der Waals surface area contributed by atoms with Crippen molar-refractivity contribution in [3.8, 4) is 6.07 Å². The molecule has 0 radical (unpaired) electrons. The van der Waals surface area contributed by atoms with Gasteiger partial charge >= 0.3 is 0 Å². The van der Waals surface area contributed by atoms with Crippen LogP contribution in [0.2, 0.25) is 0 Å². The Morgan fingerprint density at radius 2 is 2.33 bits per heavy atom. The first-order chi connectivity index (χ1) is 9.95. The first kappa shape index (κ1) is 15.8. The molecule has 1 aliphatic rings. The van der Waals surface area contributed by atoms with E-state index in [4.69, 9.17) is 10.5 Å². The Labute approximate surface area is 129 Å². The highest BCUT2D eigenvalue weighted by molar-refractivity contribution is 7.19. The van der Waals surface area contributed by atoms with Gasteiger partial charge in [0.15, 0.2) is 5.78 Å². The van der Waals surface area contributed by atoms with Crippen LogP contribution in [0.4, 0.5) is 10.7 Å². The van der Waals surface area contributed by atoms with Gasteiger partial charge in [-0.15, -0.1) is 11.3 Å². The summed E-state index contributed by atoms with van der Waals surface area (Å²) in [6.07, 6.45) is 1.23. The Morgan fingerprint density at radius 1 is 1.62 bits per heavy atom. The quantitative estimate of drug-likeness (QED) is 0.817. The number of nitrogens with two attached hydrogens (primary N) is 1. The summed E-state index contributed by atoms with van der Waals surface area (Å²) in [5, 5.41) is 13.2. The molecule has 0 aliphatic carbocycles. The molecule has 2 heterocycles. The van der Waals surface area contributed by atoms with Crippen molar-refractivity contribution in [3.05, 3.63) is 10.4 Å². The number of Topliss-reactive ketones (excluding diaryl/α,β-unsaturated/α-hetero) is 1. The summed E-state index contributed by atoms with van der Waals surface area (Å²) in [5.74, 6) is 0.275. The normalized spacial score (nSPS) is 21.5. The van der Waals surface area contributed by atoms with E-state index in [2.05, 4.69) is 18.3 Å². The van der Waals surface area contributed by atoms with Gasteiger partial charge in [0, 0.05) is 25.0 Å². The van der Waals surface area contributed by atoms with Gasteiger partial charge in [-0.25, -0.2) is 0 Å². The molecule has 21 heavy (non-hydrogen) atoms. The zero-order valence-corrected chi connectivity index (χ0v) is 13.4. The van der Waals surface area contributed by atoms with Gasteiger partial charge in [0.2, 0.25) is 0 Å². The number of carbonyl (C=O) groups is 1. The molecule has 0 saturated carbocycles. The number of nitrogens with one attached hydrogen (secondary N) is 1. The van der Waals surface area contributed by atoms with Crippen LogP contribution in [0.3, 0.4) is 0 Å². The molecule has 0 spiro atoms. The summed E-state index contributed by atoms with van der Waals surface area (Å²) in [4.78, 5) is 12.6. The Balaban J connectivity index is 2.17. The molecule has 6 heteroatoms. The molecule has 2 atom stereocenters. The van der Waals surface area contributed by atoms with Crippen LogP contribution in [0, 0.1) is 23.2 Å². The van der Waals surface area contributed by atoms with Gasteiger partial charge in [0.1, 0.15) is 16.6 Å². The van der Waals surface area contributed by atoms with Crippen LogP contribution in [0.1, 0.15) is 42.4 Å². The SMILES string of the molecule is CC(C)C(=O)c1sc(NCC2CCOC2C)c(C#N)c1N. The van der Waals surface area contributed by atoms with E-state index >= 15 is 0 Å². The molecular formula is C15H21N3O2S. The Hall–Kier alpha value is -1.58. The monoisotopic (exact) mass is 307 g/mol. The third-order valence-corrected chi connectivity index (χ3v) is 5.04. The maximum absolute atomic E-state index is 12.1. The number of nitrogen functional groups attached to an aromatic ring is 1. The first-order valence-electron chi connectivity index (χ1n) is 7.17. The van der Waals surface area contributed by atoms with Crippen molar-refractivity contribution in [1.82, 2.24) is 0 Å². The average molecular weight is 307 g/mol. The van der Waals surface area contributed by atoms with E-state index in [0.717, 1.165) is 19.6 Å². The van der Waals surface area contributed by atoms with Gasteiger partial charge in [-0.1, -0.05) is 13.8 Å². The minimum atomic E-state index is -0.131. The molecule has 0 bridgehead atoms. The molecule has 0 aromatic carbocycles. The first-order valence-corrected chi connectivity index (χ1v) is 7.99. The van der Waals surface area contributed by atoms with Crippen LogP contribution in [0.25, 0.3) is 0 Å². The molecule has 1 fully saturated rings. The summed E-state index contributed by atoms with van der Waals surface area (Å²) < 4.78 is 5.53. The van der Waals surface area contributed by atoms with E-state index in [0.29, 0.717) is 27.0 Å². The van der Waals surface area contributed by atoms with Crippen molar-refractivity contribution in [3.63, 3.8) is 0 Å². The predicted molar refractivity (Wildman–Crippen MR) is 84.6 cm³/mol. The molecule has 1 aromatic rings. The number of anilines is 2. The van der Waals surface area contributed by atoms with E-state index in [-0.39, 0.29) is 17.8 Å². The smallest absolute Gasteiger partial charge is 0.177 e. The number of carbonyl (C=O) groups excluding carboxylic acids is 1. The minimum Gasteiger partial charge on any atom is -0.396 e. The lowest BCUT2D eigenvalue weighted by Crippen LogP contribution is -2.20. The summed E-state index contributed by atoms with van der Waals surface area (Å²) in [7, 11) is 0. The molecule has 3 N–H and O–H groups in total. The maximum Gasteiger partial charge on any atom is 0.177 e. The van der Waals surface area contributed by atoms with Crippen LogP contribution < -0.4 is 11.1 Å². The fraction of sp³-hybridized carbons (Fsp3) is 0.600. The van der Waals surface area contributed by atoms with Gasteiger partial charge in [-0.3, -0.25) is 4.79 Å². The number of nitriles is 1. The van der Waals surface area contributed by atoms with E-state index in [1.165, 1.54) is 11.3 Å². The number of hydrogen-bond acceptors (Lipinski definition) is 6. The van der Waals surface area contributed by atoms with Crippen LogP contribution >= 0.6 is 11.3 Å². The van der Waals surface area contributed by atoms with E-state index in [1.54, 1.807) is 0 Å². The Bertz CT molecular complexity index is 574. The zero-order chi connectivity index (χ0) is 15.6. The molecule has 2 rings (SSSR count). The Kier molecular flexibility index (Phi) is 4.86. The lowest BCUT2D eigenvalue weighted by atomic mass is 10.0. The van der Waals surface area contributed by atoms with E-state index in [9.17, 15) is 10.1 Å². The van der Waals surface area contributed by atoms with Gasteiger partial charge in [-0.05, 0) is 13.3 Å². The Morgan fingerprint density at radius 3 is 2.86 bits per heavy atom. The zero-order valence-electron chi connectivity index (χ0n) is 12.6. The third kappa shape index (κ3) is 3.20. The topological polar surface area (TPSA) is 88.1 Å². The largest absolute Gasteiger partial charge is 0.396 e. The molecular weight excluding hydrogens is 286 g/mol.